The largest absolute Gasteiger partial charge is 0.383 e. The van der Waals surface area contributed by atoms with Gasteiger partial charge in [0.05, 0.1) is 17.0 Å². The van der Waals surface area contributed by atoms with Gasteiger partial charge < -0.3 is 10.2 Å². The van der Waals surface area contributed by atoms with E-state index >= 15 is 0 Å². The van der Waals surface area contributed by atoms with Crippen molar-refractivity contribution in [3.05, 3.63) is 97.0 Å². The van der Waals surface area contributed by atoms with E-state index < -0.39 is 10.7 Å². The van der Waals surface area contributed by atoms with E-state index in [0.29, 0.717) is 25.9 Å². The summed E-state index contributed by atoms with van der Waals surface area (Å²) in [6.07, 6.45) is 3.22. The van der Waals surface area contributed by atoms with Gasteiger partial charge in [-0.3, -0.25) is 4.98 Å². The predicted octanol–water partition coefficient (Wildman–Crippen LogP) is 9.07. The number of hydrogen-bond donors (Lipinski definition) is 1. The van der Waals surface area contributed by atoms with Crippen molar-refractivity contribution < 1.29 is 8.78 Å². The van der Waals surface area contributed by atoms with E-state index in [4.69, 9.17) is 0 Å². The van der Waals surface area contributed by atoms with Gasteiger partial charge in [0.25, 0.3) is 0 Å². The van der Waals surface area contributed by atoms with Crippen LogP contribution in [-0.4, -0.2) is 34.1 Å². The first-order valence-electron chi connectivity index (χ1n) is 13.5. The van der Waals surface area contributed by atoms with Crippen molar-refractivity contribution in [1.82, 2.24) is 15.2 Å². The summed E-state index contributed by atoms with van der Waals surface area (Å²) >= 11 is 1.51. The van der Waals surface area contributed by atoms with Crippen molar-refractivity contribution in [1.29, 1.82) is 0 Å². The number of thioether (sulfide) groups is 1. The molecule has 1 aromatic heterocycles. The molecule has 0 amide bonds. The molecule has 2 aromatic rings. The van der Waals surface area contributed by atoms with Gasteiger partial charge in [-0.15, -0.1) is 11.8 Å². The van der Waals surface area contributed by atoms with Gasteiger partial charge in [0.1, 0.15) is 0 Å². The second-order valence-electron chi connectivity index (χ2n) is 11.8. The number of rotatable bonds is 12. The molecule has 210 valence electrons. The van der Waals surface area contributed by atoms with Gasteiger partial charge in [-0.25, -0.2) is 8.78 Å². The lowest BCUT2D eigenvalue weighted by Gasteiger charge is -2.43. The number of allylic oxidation sites excluding steroid dienone is 1. The fraction of sp³-hybridized carbons (Fsp3) is 0.424. The Morgan fingerprint density at radius 1 is 1.08 bits per heavy atom. The SMILES string of the molecule is C=CSC1(C(=C)N(C)CC(=C)c2ccc(-c3cccnc3CNC(=C)CC(C)(C)C)cc2)CCC(F)(F)CC1. The minimum absolute atomic E-state index is 0.125. The first-order chi connectivity index (χ1) is 18.3. The van der Waals surface area contributed by atoms with Crippen molar-refractivity contribution in [3.63, 3.8) is 0 Å². The van der Waals surface area contributed by atoms with E-state index in [1.807, 2.05) is 24.2 Å². The van der Waals surface area contributed by atoms with Crippen LogP contribution in [0, 0.1) is 5.41 Å². The molecular weight excluding hydrogens is 508 g/mol. The molecular formula is C33H43F2N3S. The van der Waals surface area contributed by atoms with Crippen LogP contribution in [0.1, 0.15) is 64.1 Å². The lowest BCUT2D eigenvalue weighted by molar-refractivity contribution is -0.0396. The Morgan fingerprint density at radius 2 is 1.72 bits per heavy atom. The van der Waals surface area contributed by atoms with Gasteiger partial charge in [0, 0.05) is 49.6 Å². The Bertz CT molecular complexity index is 1180. The van der Waals surface area contributed by atoms with Crippen LogP contribution in [0.25, 0.3) is 16.7 Å². The third kappa shape index (κ3) is 8.31. The Morgan fingerprint density at radius 3 is 2.31 bits per heavy atom. The summed E-state index contributed by atoms with van der Waals surface area (Å²) in [7, 11) is 1.96. The number of benzene rings is 1. The van der Waals surface area contributed by atoms with Gasteiger partial charge in [-0.05, 0) is 52.9 Å². The number of nitrogens with zero attached hydrogens (tertiary/aromatic N) is 2. The molecule has 39 heavy (non-hydrogen) atoms. The van der Waals surface area contributed by atoms with Crippen LogP contribution in [0.5, 0.6) is 0 Å². The molecule has 0 unspecified atom stereocenters. The Kier molecular flexibility index (Phi) is 9.87. The highest BCUT2D eigenvalue weighted by molar-refractivity contribution is 8.03. The maximum Gasteiger partial charge on any atom is 0.248 e. The Labute approximate surface area is 238 Å². The molecule has 0 spiro atoms. The first kappa shape index (κ1) is 30.7. The molecule has 0 radical (unpaired) electrons. The summed E-state index contributed by atoms with van der Waals surface area (Å²) in [5.41, 5.74) is 7.13. The average molecular weight is 552 g/mol. The average Bonchev–Trinajstić information content (AvgIpc) is 2.88. The minimum atomic E-state index is -2.60. The quantitative estimate of drug-likeness (QED) is 0.285. The van der Waals surface area contributed by atoms with Crippen LogP contribution in [0.3, 0.4) is 0 Å². The van der Waals surface area contributed by atoms with Crippen LogP contribution in [0.4, 0.5) is 8.78 Å². The topological polar surface area (TPSA) is 28.2 Å². The minimum Gasteiger partial charge on any atom is -0.383 e. The molecule has 0 atom stereocenters. The van der Waals surface area contributed by atoms with Crippen molar-refractivity contribution in [2.24, 2.45) is 5.41 Å². The van der Waals surface area contributed by atoms with E-state index in [0.717, 1.165) is 45.8 Å². The van der Waals surface area contributed by atoms with Crippen molar-refractivity contribution in [2.45, 2.75) is 70.1 Å². The molecule has 1 aliphatic carbocycles. The maximum atomic E-state index is 13.9. The van der Waals surface area contributed by atoms with Crippen molar-refractivity contribution in [3.8, 4) is 11.1 Å². The lowest BCUT2D eigenvalue weighted by Crippen LogP contribution is -2.42. The van der Waals surface area contributed by atoms with Gasteiger partial charge in [0.15, 0.2) is 0 Å². The van der Waals surface area contributed by atoms with Crippen molar-refractivity contribution in [2.75, 3.05) is 13.6 Å². The highest BCUT2D eigenvalue weighted by atomic mass is 32.2. The molecule has 1 fully saturated rings. The van der Waals surface area contributed by atoms with E-state index in [1.165, 1.54) is 11.8 Å². The Balaban J connectivity index is 1.67. The standard InChI is InChI=1S/C33H43F2N3S/c1-9-39-32(16-18-33(34,35)19-17-32)26(4)38(8)23-24(2)27-12-14-28(15-13-27)29-11-10-20-36-30(29)22-37-25(3)21-31(5,6)7/h9-15,20,37H,1-4,16-19,21-23H2,5-8H3. The molecule has 1 saturated carbocycles. The Hall–Kier alpha value is -2.86. The summed E-state index contributed by atoms with van der Waals surface area (Å²) in [6, 6.07) is 12.4. The van der Waals surface area contributed by atoms with Gasteiger partial charge >= 0.3 is 0 Å². The number of halogens is 2. The first-order valence-corrected chi connectivity index (χ1v) is 14.3. The number of aromatic nitrogens is 1. The smallest absolute Gasteiger partial charge is 0.248 e. The van der Waals surface area contributed by atoms with Crippen LogP contribution in [-0.2, 0) is 6.54 Å². The van der Waals surface area contributed by atoms with Gasteiger partial charge in [-0.1, -0.05) is 77.4 Å². The normalized spacial score (nSPS) is 16.3. The highest BCUT2D eigenvalue weighted by Gasteiger charge is 2.45. The number of likely N-dealkylation sites (N-methyl/N-ethyl adjacent to an activating group) is 1. The monoisotopic (exact) mass is 551 g/mol. The molecule has 1 aliphatic rings. The number of pyridine rings is 1. The number of hydrogen-bond acceptors (Lipinski definition) is 4. The van der Waals surface area contributed by atoms with Crippen LogP contribution < -0.4 is 5.32 Å². The van der Waals surface area contributed by atoms with E-state index in [-0.39, 0.29) is 18.3 Å². The number of alkyl halides is 2. The van der Waals surface area contributed by atoms with E-state index in [2.05, 4.69) is 87.7 Å². The molecule has 3 nitrogen and oxygen atoms in total. The zero-order chi connectivity index (χ0) is 28.8. The van der Waals surface area contributed by atoms with E-state index in [1.54, 1.807) is 5.41 Å². The fourth-order valence-corrected chi connectivity index (χ4v) is 6.16. The summed E-state index contributed by atoms with van der Waals surface area (Å²) in [4.78, 5) is 6.67. The fourth-order valence-electron chi connectivity index (χ4n) is 5.11. The molecule has 3 rings (SSSR count). The van der Waals surface area contributed by atoms with Crippen molar-refractivity contribution >= 4 is 17.3 Å². The number of nitrogens with one attached hydrogen (secondary N) is 1. The zero-order valence-electron chi connectivity index (χ0n) is 24.0. The molecule has 6 heteroatoms. The zero-order valence-corrected chi connectivity index (χ0v) is 24.8. The van der Waals surface area contributed by atoms with Crippen LogP contribution in [0.15, 0.2) is 85.7 Å². The second kappa shape index (κ2) is 12.5. The molecule has 0 saturated heterocycles. The molecule has 1 heterocycles. The van der Waals surface area contributed by atoms with Gasteiger partial charge in [-0.2, -0.15) is 0 Å². The maximum absolute atomic E-state index is 13.9. The summed E-state index contributed by atoms with van der Waals surface area (Å²) in [5, 5.41) is 5.19. The molecule has 1 N–H and O–H groups in total. The summed E-state index contributed by atoms with van der Waals surface area (Å²) in [6.45, 7) is 24.4. The summed E-state index contributed by atoms with van der Waals surface area (Å²) < 4.78 is 27.3. The van der Waals surface area contributed by atoms with Gasteiger partial charge in [0.2, 0.25) is 5.92 Å². The predicted molar refractivity (Wildman–Crippen MR) is 164 cm³/mol. The molecule has 0 bridgehead atoms. The molecule has 0 aliphatic heterocycles. The third-order valence-electron chi connectivity index (χ3n) is 7.26. The van der Waals surface area contributed by atoms with Crippen LogP contribution >= 0.6 is 11.8 Å². The lowest BCUT2D eigenvalue weighted by atomic mass is 9.83. The third-order valence-corrected chi connectivity index (χ3v) is 8.52. The highest BCUT2D eigenvalue weighted by Crippen LogP contribution is 2.50. The van der Waals surface area contributed by atoms with E-state index in [9.17, 15) is 8.78 Å². The summed E-state index contributed by atoms with van der Waals surface area (Å²) in [5.74, 6) is -2.60. The second-order valence-corrected chi connectivity index (χ2v) is 13.2. The van der Waals surface area contributed by atoms with Crippen LogP contribution in [0.2, 0.25) is 0 Å². The molecule has 1 aromatic carbocycles.